The topological polar surface area (TPSA) is 137 Å². The minimum Gasteiger partial charge on any atom is -0.480 e. The highest BCUT2D eigenvalue weighted by molar-refractivity contribution is 5.92. The third kappa shape index (κ3) is 5.10. The van der Waals surface area contributed by atoms with Crippen LogP contribution in [0.15, 0.2) is 30.5 Å². The van der Waals surface area contributed by atoms with Gasteiger partial charge in [-0.25, -0.2) is 0 Å². The Kier molecular flexibility index (Phi) is 7.17. The lowest BCUT2D eigenvalue weighted by Gasteiger charge is -2.26. The summed E-state index contributed by atoms with van der Waals surface area (Å²) in [6.07, 6.45) is 2.78. The van der Waals surface area contributed by atoms with E-state index in [-0.39, 0.29) is 5.92 Å². The molecule has 8 nitrogen and oxygen atoms in total. The number of rotatable bonds is 9. The maximum Gasteiger partial charge on any atom is 0.325 e. The van der Waals surface area contributed by atoms with Crippen molar-refractivity contribution in [2.45, 2.75) is 51.7 Å². The number of aromatic nitrogens is 1. The van der Waals surface area contributed by atoms with Crippen molar-refractivity contribution < 1.29 is 19.5 Å². The first-order chi connectivity index (χ1) is 13.2. The summed E-state index contributed by atoms with van der Waals surface area (Å²) in [5.74, 6) is -2.30. The van der Waals surface area contributed by atoms with E-state index < -0.39 is 35.9 Å². The first-order valence-corrected chi connectivity index (χ1v) is 9.38. The fourth-order valence-electron chi connectivity index (χ4n) is 2.96. The fraction of sp³-hybridized carbons (Fsp3) is 0.450. The zero-order valence-corrected chi connectivity index (χ0v) is 16.4. The van der Waals surface area contributed by atoms with Crippen LogP contribution in [0.5, 0.6) is 0 Å². The number of carbonyl (C=O) groups excluding carboxylic acids is 2. The summed E-state index contributed by atoms with van der Waals surface area (Å²) in [6.45, 7) is 5.09. The van der Waals surface area contributed by atoms with Gasteiger partial charge in [-0.2, -0.15) is 0 Å². The average Bonchev–Trinajstić information content (AvgIpc) is 3.07. The number of aromatic amines is 1. The minimum absolute atomic E-state index is 0.176. The molecule has 0 saturated carbocycles. The molecule has 0 aliphatic rings. The Labute approximate surface area is 163 Å². The molecule has 0 aliphatic carbocycles. The number of nitrogens with two attached hydrogens (primary N) is 1. The summed E-state index contributed by atoms with van der Waals surface area (Å²) in [5, 5.41) is 15.1. The molecule has 0 spiro atoms. The van der Waals surface area contributed by atoms with Crippen LogP contribution in [-0.2, 0) is 20.8 Å². The number of amides is 2. The van der Waals surface area contributed by atoms with Crippen LogP contribution in [-0.4, -0.2) is 46.0 Å². The first kappa shape index (κ1) is 21.4. The van der Waals surface area contributed by atoms with E-state index >= 15 is 0 Å². The van der Waals surface area contributed by atoms with Gasteiger partial charge in [0.25, 0.3) is 0 Å². The predicted molar refractivity (Wildman–Crippen MR) is 107 cm³/mol. The van der Waals surface area contributed by atoms with Crippen molar-refractivity contribution in [3.05, 3.63) is 36.0 Å². The van der Waals surface area contributed by atoms with Crippen molar-refractivity contribution in [3.8, 4) is 0 Å². The van der Waals surface area contributed by atoms with Crippen molar-refractivity contribution in [1.82, 2.24) is 15.6 Å². The molecule has 2 amide bonds. The molecule has 1 aromatic carbocycles. The van der Waals surface area contributed by atoms with Gasteiger partial charge in [0, 0.05) is 17.1 Å². The quantitative estimate of drug-likeness (QED) is 0.439. The lowest BCUT2D eigenvalue weighted by atomic mass is 9.97. The van der Waals surface area contributed by atoms with E-state index in [0.29, 0.717) is 12.8 Å². The fourth-order valence-corrected chi connectivity index (χ4v) is 2.96. The molecule has 28 heavy (non-hydrogen) atoms. The molecule has 0 aliphatic heterocycles. The van der Waals surface area contributed by atoms with E-state index in [4.69, 9.17) is 10.8 Å². The SMILES string of the molecule is CCC(C)C(NC(=O)C(N)Cc1c[nH]c2ccccc12)C(=O)NC(C)C(=O)O. The molecule has 0 fully saturated rings. The molecule has 1 aromatic heterocycles. The molecule has 0 bridgehead atoms. The number of carboxylic acids is 1. The monoisotopic (exact) mass is 388 g/mol. The molecule has 4 unspecified atom stereocenters. The number of aliphatic carboxylic acids is 1. The highest BCUT2D eigenvalue weighted by atomic mass is 16.4. The van der Waals surface area contributed by atoms with Crippen molar-refractivity contribution >= 4 is 28.7 Å². The Morgan fingerprint density at radius 3 is 2.46 bits per heavy atom. The standard InChI is InChI=1S/C20H28N4O4/c1-4-11(2)17(19(26)23-12(3)20(27)28)24-18(25)15(21)9-13-10-22-16-8-6-5-7-14(13)16/h5-8,10-12,15,17,22H,4,9,21H2,1-3H3,(H,23,26)(H,24,25)(H,27,28). The van der Waals surface area contributed by atoms with Gasteiger partial charge in [-0.05, 0) is 30.9 Å². The van der Waals surface area contributed by atoms with Crippen molar-refractivity contribution in [1.29, 1.82) is 0 Å². The largest absolute Gasteiger partial charge is 0.480 e. The molecule has 8 heteroatoms. The van der Waals surface area contributed by atoms with E-state index in [1.807, 2.05) is 44.3 Å². The van der Waals surface area contributed by atoms with Crippen LogP contribution in [0.1, 0.15) is 32.8 Å². The van der Waals surface area contributed by atoms with Crippen LogP contribution in [0.3, 0.4) is 0 Å². The summed E-state index contributed by atoms with van der Waals surface area (Å²) in [7, 11) is 0. The second-order valence-corrected chi connectivity index (χ2v) is 7.11. The molecular weight excluding hydrogens is 360 g/mol. The number of para-hydroxylation sites is 1. The first-order valence-electron chi connectivity index (χ1n) is 9.38. The van der Waals surface area contributed by atoms with Gasteiger partial charge in [-0.3, -0.25) is 14.4 Å². The van der Waals surface area contributed by atoms with Gasteiger partial charge in [0.2, 0.25) is 11.8 Å². The van der Waals surface area contributed by atoms with E-state index in [1.54, 1.807) is 0 Å². The molecule has 4 atom stereocenters. The Hall–Kier alpha value is -2.87. The van der Waals surface area contributed by atoms with Gasteiger partial charge >= 0.3 is 5.97 Å². The maximum absolute atomic E-state index is 12.6. The van der Waals surface area contributed by atoms with E-state index in [1.165, 1.54) is 6.92 Å². The minimum atomic E-state index is -1.14. The lowest BCUT2D eigenvalue weighted by molar-refractivity contribution is -0.142. The number of carbonyl (C=O) groups is 3. The van der Waals surface area contributed by atoms with Gasteiger partial charge in [-0.15, -0.1) is 0 Å². The van der Waals surface area contributed by atoms with Crippen LogP contribution in [0.25, 0.3) is 10.9 Å². The van der Waals surface area contributed by atoms with E-state index in [9.17, 15) is 14.4 Å². The second kappa shape index (κ2) is 9.36. The molecule has 2 aromatic rings. The van der Waals surface area contributed by atoms with Crippen LogP contribution >= 0.6 is 0 Å². The molecule has 0 radical (unpaired) electrons. The Balaban J connectivity index is 2.07. The summed E-state index contributed by atoms with van der Waals surface area (Å²) in [4.78, 5) is 39.2. The van der Waals surface area contributed by atoms with Crippen LogP contribution in [0.2, 0.25) is 0 Å². The number of nitrogens with one attached hydrogen (secondary N) is 3. The maximum atomic E-state index is 12.6. The Morgan fingerprint density at radius 1 is 1.14 bits per heavy atom. The molecule has 152 valence electrons. The third-order valence-corrected chi connectivity index (χ3v) is 4.97. The summed E-state index contributed by atoms with van der Waals surface area (Å²) >= 11 is 0. The van der Waals surface area contributed by atoms with Crippen LogP contribution < -0.4 is 16.4 Å². The zero-order chi connectivity index (χ0) is 20.8. The zero-order valence-electron chi connectivity index (χ0n) is 16.4. The third-order valence-electron chi connectivity index (χ3n) is 4.97. The molecular formula is C20H28N4O4. The van der Waals surface area contributed by atoms with Gasteiger partial charge < -0.3 is 26.5 Å². The molecule has 0 saturated heterocycles. The summed E-state index contributed by atoms with van der Waals surface area (Å²) in [6, 6.07) is 4.99. The molecule has 2 rings (SSSR count). The van der Waals surface area contributed by atoms with E-state index in [2.05, 4.69) is 15.6 Å². The number of hydrogen-bond acceptors (Lipinski definition) is 4. The molecule has 6 N–H and O–H groups in total. The highest BCUT2D eigenvalue weighted by Crippen LogP contribution is 2.19. The normalized spacial score (nSPS) is 15.4. The smallest absolute Gasteiger partial charge is 0.325 e. The van der Waals surface area contributed by atoms with Crippen LogP contribution in [0.4, 0.5) is 0 Å². The van der Waals surface area contributed by atoms with Gasteiger partial charge in [0.1, 0.15) is 12.1 Å². The predicted octanol–water partition coefficient (Wildman–Crippen LogP) is 1.16. The molecule has 1 heterocycles. The summed E-state index contributed by atoms with van der Waals surface area (Å²) < 4.78 is 0. The van der Waals surface area contributed by atoms with E-state index in [0.717, 1.165) is 16.5 Å². The van der Waals surface area contributed by atoms with Crippen molar-refractivity contribution in [2.24, 2.45) is 11.7 Å². The second-order valence-electron chi connectivity index (χ2n) is 7.11. The number of H-pyrrole nitrogens is 1. The van der Waals surface area contributed by atoms with Gasteiger partial charge in [0.05, 0.1) is 6.04 Å². The number of hydrogen-bond donors (Lipinski definition) is 5. The van der Waals surface area contributed by atoms with Crippen LogP contribution in [0, 0.1) is 5.92 Å². The number of carboxylic acid groups (broad SMARTS) is 1. The van der Waals surface area contributed by atoms with Crippen molar-refractivity contribution in [3.63, 3.8) is 0 Å². The van der Waals surface area contributed by atoms with Gasteiger partial charge in [0.15, 0.2) is 0 Å². The summed E-state index contributed by atoms with van der Waals surface area (Å²) in [5.41, 5.74) is 7.97. The van der Waals surface area contributed by atoms with Gasteiger partial charge in [-0.1, -0.05) is 38.5 Å². The average molecular weight is 388 g/mol. The lowest BCUT2D eigenvalue weighted by Crippen LogP contribution is -2.56. The Bertz CT molecular complexity index is 848. The Morgan fingerprint density at radius 2 is 1.82 bits per heavy atom. The van der Waals surface area contributed by atoms with Crippen molar-refractivity contribution in [2.75, 3.05) is 0 Å². The number of benzene rings is 1. The number of fused-ring (bicyclic) bond motifs is 1. The highest BCUT2D eigenvalue weighted by Gasteiger charge is 2.29.